The highest BCUT2D eigenvalue weighted by Gasteiger charge is 2.43. The van der Waals surface area contributed by atoms with E-state index < -0.39 is 0 Å². The first kappa shape index (κ1) is 14.7. The molecule has 1 N–H and O–H groups in total. The monoisotopic (exact) mass is 296 g/mol. The lowest BCUT2D eigenvalue weighted by molar-refractivity contribution is -0.130. The third kappa shape index (κ3) is 3.01. The summed E-state index contributed by atoms with van der Waals surface area (Å²) < 4.78 is 0. The first-order valence-corrected chi connectivity index (χ1v) is 9.52. The van der Waals surface area contributed by atoms with Crippen molar-refractivity contribution in [2.45, 2.75) is 75.7 Å². The van der Waals surface area contributed by atoms with Gasteiger partial charge in [0.05, 0.1) is 12.2 Å². The summed E-state index contributed by atoms with van der Waals surface area (Å²) >= 11 is 2.07. The topological polar surface area (TPSA) is 32.3 Å². The van der Waals surface area contributed by atoms with Gasteiger partial charge in [-0.25, -0.2) is 0 Å². The highest BCUT2D eigenvalue weighted by Crippen LogP contribution is 2.35. The lowest BCUT2D eigenvalue weighted by Crippen LogP contribution is -2.45. The lowest BCUT2D eigenvalue weighted by atomic mass is 10.0. The molecule has 20 heavy (non-hydrogen) atoms. The fourth-order valence-electron chi connectivity index (χ4n) is 4.08. The average Bonchev–Trinajstić information content (AvgIpc) is 3.16. The van der Waals surface area contributed by atoms with Gasteiger partial charge in [-0.1, -0.05) is 26.2 Å². The molecule has 0 aromatic rings. The fourth-order valence-corrected chi connectivity index (χ4v) is 5.34. The largest absolute Gasteiger partial charge is 0.324 e. The van der Waals surface area contributed by atoms with Crippen LogP contribution in [-0.4, -0.2) is 40.6 Å². The molecule has 114 valence electrons. The van der Waals surface area contributed by atoms with E-state index in [4.69, 9.17) is 0 Å². The maximum atomic E-state index is 12.7. The van der Waals surface area contributed by atoms with Gasteiger partial charge in [-0.05, 0) is 43.8 Å². The Morgan fingerprint density at radius 2 is 2.05 bits per heavy atom. The minimum Gasteiger partial charge on any atom is -0.324 e. The molecule has 3 nitrogen and oxygen atoms in total. The Kier molecular flexibility index (Phi) is 4.92. The van der Waals surface area contributed by atoms with E-state index in [1.807, 2.05) is 0 Å². The maximum absolute atomic E-state index is 12.7. The van der Waals surface area contributed by atoms with Gasteiger partial charge in [0.1, 0.15) is 0 Å². The zero-order valence-electron chi connectivity index (χ0n) is 12.6. The molecular formula is C16H28N2OS. The zero-order valence-corrected chi connectivity index (χ0v) is 13.5. The zero-order chi connectivity index (χ0) is 13.9. The molecule has 3 unspecified atom stereocenters. The number of hydrogen-bond donors (Lipinski definition) is 1. The van der Waals surface area contributed by atoms with Gasteiger partial charge in [0.2, 0.25) is 5.91 Å². The number of amides is 1. The molecule has 0 aromatic heterocycles. The summed E-state index contributed by atoms with van der Waals surface area (Å²) in [4.78, 5) is 14.9. The van der Waals surface area contributed by atoms with Gasteiger partial charge >= 0.3 is 0 Å². The molecule has 0 radical (unpaired) electrons. The maximum Gasteiger partial charge on any atom is 0.241 e. The number of carbonyl (C=O) groups excluding carboxylic acids is 1. The van der Waals surface area contributed by atoms with Gasteiger partial charge in [-0.2, -0.15) is 11.8 Å². The number of hydrogen-bond acceptors (Lipinski definition) is 3. The summed E-state index contributed by atoms with van der Waals surface area (Å²) in [5, 5.41) is 4.36. The van der Waals surface area contributed by atoms with E-state index in [-0.39, 0.29) is 6.04 Å². The molecule has 2 aliphatic heterocycles. The number of rotatable bonds is 5. The Bertz CT molecular complexity index is 337. The van der Waals surface area contributed by atoms with E-state index in [1.165, 1.54) is 44.3 Å². The number of carbonyl (C=O) groups is 1. The summed E-state index contributed by atoms with van der Waals surface area (Å²) in [7, 11) is 0. The van der Waals surface area contributed by atoms with Crippen LogP contribution in [0.4, 0.5) is 0 Å². The number of thioether (sulfide) groups is 1. The predicted molar refractivity (Wildman–Crippen MR) is 84.8 cm³/mol. The van der Waals surface area contributed by atoms with Crippen molar-refractivity contribution in [2.75, 3.05) is 12.3 Å². The van der Waals surface area contributed by atoms with Crippen molar-refractivity contribution < 1.29 is 4.79 Å². The van der Waals surface area contributed by atoms with Crippen molar-refractivity contribution in [3.63, 3.8) is 0 Å². The first-order chi connectivity index (χ1) is 9.79. The highest BCUT2D eigenvalue weighted by molar-refractivity contribution is 8.00. The van der Waals surface area contributed by atoms with Crippen LogP contribution in [0.25, 0.3) is 0 Å². The van der Waals surface area contributed by atoms with E-state index in [1.54, 1.807) is 0 Å². The molecule has 0 spiro atoms. The van der Waals surface area contributed by atoms with Crippen molar-refractivity contribution >= 4 is 17.7 Å². The Morgan fingerprint density at radius 3 is 2.70 bits per heavy atom. The summed E-state index contributed by atoms with van der Waals surface area (Å²) in [6.07, 6.45) is 10.4. The molecule has 4 heteroatoms. The second kappa shape index (κ2) is 6.69. The van der Waals surface area contributed by atoms with E-state index >= 15 is 0 Å². The number of nitrogens with zero attached hydrogens (tertiary/aromatic N) is 1. The molecule has 3 fully saturated rings. The van der Waals surface area contributed by atoms with E-state index in [0.717, 1.165) is 19.4 Å². The molecule has 3 atom stereocenters. The number of nitrogens with one attached hydrogen (secondary N) is 1. The molecule has 2 heterocycles. The van der Waals surface area contributed by atoms with Crippen LogP contribution in [0.15, 0.2) is 0 Å². The van der Waals surface area contributed by atoms with Crippen LogP contribution in [0.1, 0.15) is 58.3 Å². The second-order valence-electron chi connectivity index (χ2n) is 6.62. The Balaban J connectivity index is 1.68. The van der Waals surface area contributed by atoms with Crippen LogP contribution in [0.2, 0.25) is 0 Å². The molecule has 3 rings (SSSR count). The van der Waals surface area contributed by atoms with Crippen molar-refractivity contribution in [1.82, 2.24) is 10.2 Å². The van der Waals surface area contributed by atoms with Gasteiger partial charge in [0.25, 0.3) is 0 Å². The van der Waals surface area contributed by atoms with Crippen LogP contribution in [0.3, 0.4) is 0 Å². The lowest BCUT2D eigenvalue weighted by Gasteiger charge is -2.30. The molecule has 2 saturated heterocycles. The Morgan fingerprint density at radius 1 is 1.25 bits per heavy atom. The van der Waals surface area contributed by atoms with Crippen LogP contribution < -0.4 is 5.32 Å². The summed E-state index contributed by atoms with van der Waals surface area (Å²) in [5.41, 5.74) is 0. The van der Waals surface area contributed by atoms with Crippen LogP contribution in [-0.2, 0) is 4.79 Å². The van der Waals surface area contributed by atoms with Crippen LogP contribution in [0.5, 0.6) is 0 Å². The average molecular weight is 296 g/mol. The molecule has 0 aromatic carbocycles. The smallest absolute Gasteiger partial charge is 0.241 e. The molecule has 1 amide bonds. The minimum atomic E-state index is 0.0944. The molecule has 0 bridgehead atoms. The van der Waals surface area contributed by atoms with Gasteiger partial charge in [0.15, 0.2) is 0 Å². The summed E-state index contributed by atoms with van der Waals surface area (Å²) in [6, 6.07) is 0.0944. The molecule has 3 aliphatic rings. The normalized spacial score (nSPS) is 35.4. The summed E-state index contributed by atoms with van der Waals surface area (Å²) in [5.74, 6) is 2.37. The Labute approximate surface area is 127 Å². The van der Waals surface area contributed by atoms with Gasteiger partial charge in [0, 0.05) is 11.8 Å². The van der Waals surface area contributed by atoms with Gasteiger partial charge < -0.3 is 4.90 Å². The molecular weight excluding hydrogens is 268 g/mol. The molecule has 1 saturated carbocycles. The standard InChI is InChI=1S/C16H28N2OS/c1-2-6-14-16(19)18(11-13-9-5-10-20-13)15(17-14)12-7-3-4-8-12/h12-15,17H,2-11H2,1H3. The van der Waals surface area contributed by atoms with E-state index in [0.29, 0.717) is 23.2 Å². The minimum absolute atomic E-state index is 0.0944. The first-order valence-electron chi connectivity index (χ1n) is 8.47. The third-order valence-corrected chi connectivity index (χ3v) is 6.52. The van der Waals surface area contributed by atoms with Crippen LogP contribution in [0, 0.1) is 5.92 Å². The highest BCUT2D eigenvalue weighted by atomic mass is 32.2. The van der Waals surface area contributed by atoms with Crippen molar-refractivity contribution in [2.24, 2.45) is 5.92 Å². The SMILES string of the molecule is CCCC1NC(C2CCCC2)N(CC2CCCS2)C1=O. The predicted octanol–water partition coefficient (Wildman–Crippen LogP) is 3.00. The van der Waals surface area contributed by atoms with Gasteiger partial charge in [-0.15, -0.1) is 0 Å². The van der Waals surface area contributed by atoms with Crippen molar-refractivity contribution in [3.8, 4) is 0 Å². The third-order valence-electron chi connectivity index (χ3n) is 5.14. The van der Waals surface area contributed by atoms with Crippen molar-refractivity contribution in [1.29, 1.82) is 0 Å². The molecule has 1 aliphatic carbocycles. The van der Waals surface area contributed by atoms with E-state index in [9.17, 15) is 4.79 Å². The van der Waals surface area contributed by atoms with Gasteiger partial charge in [-0.3, -0.25) is 10.1 Å². The quantitative estimate of drug-likeness (QED) is 0.846. The van der Waals surface area contributed by atoms with Crippen LogP contribution >= 0.6 is 11.8 Å². The van der Waals surface area contributed by atoms with Crippen molar-refractivity contribution in [3.05, 3.63) is 0 Å². The fraction of sp³-hybridized carbons (Fsp3) is 0.938. The Hall–Kier alpha value is -0.220. The second-order valence-corrected chi connectivity index (χ2v) is 8.03. The van der Waals surface area contributed by atoms with E-state index in [2.05, 4.69) is 28.9 Å². The summed E-state index contributed by atoms with van der Waals surface area (Å²) in [6.45, 7) is 3.16.